The standard InChI is InChI=1S/3C12H2F8.B/c3*13-3-1-5(15)9(17)11(19)7(3)8-4(14)2-6(16)10(18)12(8)20;/h3*1-2H;. The minimum absolute atomic E-state index is 0. The maximum atomic E-state index is 13.4. The van der Waals surface area contributed by atoms with Crippen LogP contribution in [0.2, 0.25) is 0 Å². The van der Waals surface area contributed by atoms with Crippen LogP contribution in [-0.4, -0.2) is 8.41 Å². The van der Waals surface area contributed by atoms with Gasteiger partial charge < -0.3 is 0 Å². The van der Waals surface area contributed by atoms with Gasteiger partial charge in [0.2, 0.25) is 0 Å². The zero-order valence-corrected chi connectivity index (χ0v) is 28.1. The van der Waals surface area contributed by atoms with Crippen LogP contribution in [0.3, 0.4) is 0 Å². The Morgan fingerprint density at radius 3 is 0.344 bits per heavy atom. The summed E-state index contributed by atoms with van der Waals surface area (Å²) in [7, 11) is 0. The van der Waals surface area contributed by atoms with Crippen molar-refractivity contribution in [1.29, 1.82) is 0 Å². The lowest BCUT2D eigenvalue weighted by atomic mass is 10.0. The van der Waals surface area contributed by atoms with Gasteiger partial charge in [0.15, 0.2) is 105 Å². The van der Waals surface area contributed by atoms with Crippen molar-refractivity contribution in [1.82, 2.24) is 0 Å². The minimum atomic E-state index is -2.26. The minimum Gasteiger partial charge on any atom is -0.206 e. The van der Waals surface area contributed by atoms with Gasteiger partial charge in [-0.1, -0.05) is 0 Å². The molecule has 0 saturated carbocycles. The van der Waals surface area contributed by atoms with Crippen LogP contribution < -0.4 is 0 Å². The third-order valence-electron chi connectivity index (χ3n) is 7.43. The molecule has 0 atom stereocenters. The molecule has 0 nitrogen and oxygen atoms in total. The van der Waals surface area contributed by atoms with Crippen molar-refractivity contribution in [3.8, 4) is 33.4 Å². The Hall–Kier alpha value is -6.30. The highest BCUT2D eigenvalue weighted by Crippen LogP contribution is 2.37. The molecule has 0 unspecified atom stereocenters. The van der Waals surface area contributed by atoms with Crippen LogP contribution in [-0.2, 0) is 0 Å². The monoisotopic (exact) mass is 905 g/mol. The van der Waals surface area contributed by atoms with E-state index < -0.39 is 173 Å². The number of hydrogen-bond acceptors (Lipinski definition) is 0. The van der Waals surface area contributed by atoms with E-state index in [2.05, 4.69) is 0 Å². The number of hydrogen-bond donors (Lipinski definition) is 0. The van der Waals surface area contributed by atoms with Gasteiger partial charge in [-0.3, -0.25) is 0 Å². The van der Waals surface area contributed by atoms with E-state index in [0.717, 1.165) is 0 Å². The second kappa shape index (κ2) is 18.5. The fourth-order valence-corrected chi connectivity index (χ4v) is 4.77. The first-order chi connectivity index (χ1) is 27.8. The molecular weight excluding hydrogens is 899 g/mol. The molecule has 0 aliphatic carbocycles. The summed E-state index contributed by atoms with van der Waals surface area (Å²) < 4.78 is 315. The molecule has 61 heavy (non-hydrogen) atoms. The Morgan fingerprint density at radius 1 is 0.148 bits per heavy atom. The molecule has 0 aliphatic rings. The van der Waals surface area contributed by atoms with E-state index >= 15 is 0 Å². The van der Waals surface area contributed by atoms with Gasteiger partial charge in [0.05, 0.1) is 33.4 Å². The highest BCUT2D eigenvalue weighted by Gasteiger charge is 2.31. The normalized spacial score (nSPS) is 10.8. The Morgan fingerprint density at radius 2 is 0.246 bits per heavy atom. The van der Waals surface area contributed by atoms with Gasteiger partial charge in [0.25, 0.3) is 0 Å². The zero-order valence-electron chi connectivity index (χ0n) is 28.1. The van der Waals surface area contributed by atoms with E-state index in [1.165, 1.54) is 0 Å². The summed E-state index contributed by atoms with van der Waals surface area (Å²) in [5, 5.41) is 0. The van der Waals surface area contributed by atoms with Crippen LogP contribution in [0.1, 0.15) is 0 Å². The number of halogens is 24. The molecule has 6 aromatic carbocycles. The average molecular weight is 905 g/mol. The van der Waals surface area contributed by atoms with E-state index in [0.29, 0.717) is 0 Å². The summed E-state index contributed by atoms with van der Waals surface area (Å²) >= 11 is 0. The SMILES string of the molecule is Fc1cc(F)c(-c2c(F)cc(F)c(F)c2F)c(F)c1F.Fc1cc(F)c(-c2c(F)cc(F)c(F)c2F)c(F)c1F.Fc1cc(F)c(-c2c(F)cc(F)c(F)c2F)c(F)c1F.[B]. The van der Waals surface area contributed by atoms with Crippen LogP contribution in [0.5, 0.6) is 0 Å². The Balaban J connectivity index is 0.000000242. The van der Waals surface area contributed by atoms with E-state index in [1.807, 2.05) is 0 Å². The lowest BCUT2D eigenvalue weighted by molar-refractivity contribution is 0.426. The molecule has 321 valence electrons. The molecule has 0 N–H and O–H groups in total. The molecular formula is C36H6BF24. The third kappa shape index (κ3) is 9.09. The van der Waals surface area contributed by atoms with Crippen LogP contribution in [0, 0.1) is 140 Å². The summed E-state index contributed by atoms with van der Waals surface area (Å²) in [6, 6.07) is -1.04. The zero-order chi connectivity index (χ0) is 45.6. The quantitative estimate of drug-likeness (QED) is 0.0718. The molecule has 25 heteroatoms. The Bertz CT molecular complexity index is 2240. The van der Waals surface area contributed by atoms with Crippen molar-refractivity contribution in [2.24, 2.45) is 0 Å². The van der Waals surface area contributed by atoms with Gasteiger partial charge in [-0.05, 0) is 0 Å². The van der Waals surface area contributed by atoms with Crippen molar-refractivity contribution in [2.45, 2.75) is 0 Å². The van der Waals surface area contributed by atoms with Gasteiger partial charge in [-0.2, -0.15) is 0 Å². The topological polar surface area (TPSA) is 0 Å². The first-order valence-electron chi connectivity index (χ1n) is 14.7. The summed E-state index contributed by atoms with van der Waals surface area (Å²) in [6.07, 6.45) is 0. The third-order valence-corrected chi connectivity index (χ3v) is 7.43. The summed E-state index contributed by atoms with van der Waals surface area (Å²) in [5.41, 5.74) is -10.0. The Kier molecular flexibility index (Phi) is 14.9. The molecule has 0 heterocycles. The molecule has 0 spiro atoms. The van der Waals surface area contributed by atoms with Crippen molar-refractivity contribution in [3.63, 3.8) is 0 Å². The Labute approximate surface area is 323 Å². The van der Waals surface area contributed by atoms with Crippen molar-refractivity contribution in [3.05, 3.63) is 176 Å². The number of benzene rings is 6. The second-order valence-corrected chi connectivity index (χ2v) is 11.1. The van der Waals surface area contributed by atoms with Gasteiger partial charge in [-0.25, -0.2) is 105 Å². The molecule has 0 bridgehead atoms. The van der Waals surface area contributed by atoms with E-state index in [-0.39, 0.29) is 44.8 Å². The molecule has 0 saturated heterocycles. The molecule has 6 aromatic rings. The molecule has 0 amide bonds. The van der Waals surface area contributed by atoms with Gasteiger partial charge in [-0.15, -0.1) is 0 Å². The average Bonchev–Trinajstić information content (AvgIpc) is 3.17. The lowest BCUT2D eigenvalue weighted by Gasteiger charge is -2.10. The smallest absolute Gasteiger partial charge is 0.195 e. The maximum Gasteiger partial charge on any atom is 0.195 e. The molecule has 3 radical (unpaired) electrons. The van der Waals surface area contributed by atoms with Crippen molar-refractivity contribution >= 4 is 8.41 Å². The van der Waals surface area contributed by atoms with Crippen LogP contribution in [0.4, 0.5) is 105 Å². The molecule has 0 aliphatic heterocycles. The fraction of sp³-hybridized carbons (Fsp3) is 0. The van der Waals surface area contributed by atoms with E-state index in [9.17, 15) is 105 Å². The van der Waals surface area contributed by atoms with Crippen LogP contribution in [0.25, 0.3) is 33.4 Å². The number of rotatable bonds is 3. The largest absolute Gasteiger partial charge is 0.206 e. The van der Waals surface area contributed by atoms with Crippen LogP contribution in [0.15, 0.2) is 36.4 Å². The first-order valence-corrected chi connectivity index (χ1v) is 14.7. The fourth-order valence-electron chi connectivity index (χ4n) is 4.77. The van der Waals surface area contributed by atoms with Crippen LogP contribution >= 0.6 is 0 Å². The van der Waals surface area contributed by atoms with E-state index in [1.54, 1.807) is 0 Å². The highest BCUT2D eigenvalue weighted by molar-refractivity contribution is 5.75. The molecule has 6 rings (SSSR count). The predicted octanol–water partition coefficient (Wildman–Crippen LogP) is 13.0. The summed E-state index contributed by atoms with van der Waals surface area (Å²) in [6.45, 7) is 0. The van der Waals surface area contributed by atoms with E-state index in [4.69, 9.17) is 0 Å². The lowest BCUT2D eigenvalue weighted by Crippen LogP contribution is -2.05. The van der Waals surface area contributed by atoms with Crippen molar-refractivity contribution < 1.29 is 105 Å². The predicted molar refractivity (Wildman–Crippen MR) is 160 cm³/mol. The van der Waals surface area contributed by atoms with Gasteiger partial charge >= 0.3 is 0 Å². The molecule has 0 fully saturated rings. The van der Waals surface area contributed by atoms with Crippen molar-refractivity contribution in [2.75, 3.05) is 0 Å². The van der Waals surface area contributed by atoms with Gasteiger partial charge in [0.1, 0.15) is 34.9 Å². The molecule has 0 aromatic heterocycles. The summed E-state index contributed by atoms with van der Waals surface area (Å²) in [5.74, 6) is -49.6. The summed E-state index contributed by atoms with van der Waals surface area (Å²) in [4.78, 5) is 0. The van der Waals surface area contributed by atoms with Gasteiger partial charge in [0, 0.05) is 44.8 Å². The highest BCUT2D eigenvalue weighted by atomic mass is 19.2. The first kappa shape index (κ1) is 49.1. The second-order valence-electron chi connectivity index (χ2n) is 11.1. The maximum absolute atomic E-state index is 13.4.